The minimum absolute atomic E-state index is 0.0165. The number of urea groups is 2. The Morgan fingerprint density at radius 2 is 1.67 bits per heavy atom. The first-order valence-corrected chi connectivity index (χ1v) is 13.6. The van der Waals surface area contributed by atoms with E-state index in [1.807, 2.05) is 36.4 Å². The van der Waals surface area contributed by atoms with E-state index in [1.54, 1.807) is 45.0 Å². The van der Waals surface area contributed by atoms with E-state index in [0.29, 0.717) is 12.1 Å². The van der Waals surface area contributed by atoms with Crippen molar-refractivity contribution in [3.8, 4) is 0 Å². The minimum Gasteiger partial charge on any atom is -0.323 e. The van der Waals surface area contributed by atoms with E-state index < -0.39 is 25.2 Å². The fourth-order valence-corrected chi connectivity index (χ4v) is 5.56. The Labute approximate surface area is 211 Å². The monoisotopic (exact) mass is 516 g/mol. The summed E-state index contributed by atoms with van der Waals surface area (Å²) in [7, 11) is -3.40. The van der Waals surface area contributed by atoms with Gasteiger partial charge in [-0.15, -0.1) is 0 Å². The normalized spacial score (nSPS) is 18.9. The van der Waals surface area contributed by atoms with Gasteiger partial charge >= 0.3 is 19.7 Å². The number of nitrogens with one attached hydrogen (secondary N) is 2. The highest BCUT2D eigenvalue weighted by Gasteiger charge is 2.48. The molecule has 0 spiro atoms. The Bertz CT molecular complexity index is 1090. The summed E-state index contributed by atoms with van der Waals surface area (Å²) in [6.07, 6.45) is 0.712. The number of hydroxylamine groups is 2. The van der Waals surface area contributed by atoms with Crippen LogP contribution in [0.2, 0.25) is 0 Å². The van der Waals surface area contributed by atoms with Gasteiger partial charge in [-0.2, -0.15) is 10.1 Å². The molecule has 11 heteroatoms. The number of carbonyl (C=O) groups excluding carboxylic acids is 2. The maximum atomic E-state index is 13.1. The van der Waals surface area contributed by atoms with Crippen LogP contribution in [-0.2, 0) is 24.9 Å². The van der Waals surface area contributed by atoms with Crippen molar-refractivity contribution >= 4 is 31.2 Å². The molecule has 194 valence electrons. The predicted molar refractivity (Wildman–Crippen MR) is 138 cm³/mol. The molecule has 0 bridgehead atoms. The van der Waals surface area contributed by atoms with E-state index in [0.717, 1.165) is 10.6 Å². The van der Waals surface area contributed by atoms with Crippen LogP contribution in [0.1, 0.15) is 32.8 Å². The lowest BCUT2D eigenvalue weighted by Gasteiger charge is -2.27. The van der Waals surface area contributed by atoms with Crippen molar-refractivity contribution < 1.29 is 28.0 Å². The summed E-state index contributed by atoms with van der Waals surface area (Å²) in [5.41, 5.74) is 0.441. The topological polar surface area (TPSA) is 119 Å². The summed E-state index contributed by atoms with van der Waals surface area (Å²) in [6, 6.07) is 17.3. The molecule has 1 saturated heterocycles. The molecular formula is C25H33N4O6P. The summed E-state index contributed by atoms with van der Waals surface area (Å²) in [6.45, 7) is 5.78. The molecule has 10 nitrogen and oxygen atoms in total. The van der Waals surface area contributed by atoms with Gasteiger partial charge in [-0.25, -0.2) is 9.59 Å². The maximum Gasteiger partial charge on any atom is 0.348 e. The van der Waals surface area contributed by atoms with Gasteiger partial charge in [0.25, 0.3) is 0 Å². The van der Waals surface area contributed by atoms with Crippen LogP contribution < -0.4 is 10.6 Å². The van der Waals surface area contributed by atoms with Crippen molar-refractivity contribution in [2.24, 2.45) is 4.99 Å². The number of anilines is 1. The van der Waals surface area contributed by atoms with Gasteiger partial charge in [0.1, 0.15) is 5.54 Å². The predicted octanol–water partition coefficient (Wildman–Crippen LogP) is 5.23. The SMILES string of the molecule is CCOP(=O)(CCC1(C)NC(=O)N(OCCc2ccccc2)/C1=N/C(=O)Nc1ccccc1)OCC. The third-order valence-corrected chi connectivity index (χ3v) is 7.55. The molecule has 1 aliphatic heterocycles. The second-order valence-electron chi connectivity index (χ2n) is 8.28. The number of nitrogens with zero attached hydrogens (tertiary/aromatic N) is 2. The molecule has 3 rings (SSSR count). The lowest BCUT2D eigenvalue weighted by Crippen LogP contribution is -2.45. The van der Waals surface area contributed by atoms with Crippen molar-refractivity contribution in [3.05, 3.63) is 66.2 Å². The molecule has 0 radical (unpaired) electrons. The third-order valence-electron chi connectivity index (χ3n) is 5.48. The number of rotatable bonds is 12. The van der Waals surface area contributed by atoms with Gasteiger partial charge in [-0.3, -0.25) is 9.40 Å². The van der Waals surface area contributed by atoms with E-state index in [4.69, 9.17) is 13.9 Å². The maximum absolute atomic E-state index is 13.1. The molecule has 1 atom stereocenters. The quantitative estimate of drug-likeness (QED) is 0.373. The smallest absolute Gasteiger partial charge is 0.323 e. The van der Waals surface area contributed by atoms with Crippen molar-refractivity contribution in [1.82, 2.24) is 10.4 Å². The highest BCUT2D eigenvalue weighted by molar-refractivity contribution is 7.53. The molecule has 1 fully saturated rings. The first-order valence-electron chi connectivity index (χ1n) is 11.9. The van der Waals surface area contributed by atoms with E-state index >= 15 is 0 Å². The number of benzene rings is 2. The second kappa shape index (κ2) is 12.8. The molecule has 2 N–H and O–H groups in total. The first-order chi connectivity index (χ1) is 17.3. The minimum atomic E-state index is -3.40. The Morgan fingerprint density at radius 3 is 2.28 bits per heavy atom. The van der Waals surface area contributed by atoms with Crippen LogP contribution in [-0.4, -0.2) is 54.5 Å². The van der Waals surface area contributed by atoms with Gasteiger partial charge < -0.3 is 19.7 Å². The fraction of sp³-hybridized carbons (Fsp3) is 0.400. The Kier molecular flexibility index (Phi) is 9.78. The zero-order valence-electron chi connectivity index (χ0n) is 20.8. The number of amidine groups is 1. The van der Waals surface area contributed by atoms with Crippen LogP contribution in [0, 0.1) is 0 Å². The fourth-order valence-electron chi connectivity index (χ4n) is 3.71. The van der Waals surface area contributed by atoms with Crippen LogP contribution in [0.25, 0.3) is 0 Å². The number of para-hydroxylation sites is 1. The van der Waals surface area contributed by atoms with Crippen molar-refractivity contribution in [2.75, 3.05) is 31.3 Å². The second-order valence-corrected chi connectivity index (χ2v) is 10.5. The van der Waals surface area contributed by atoms with Gasteiger partial charge in [0, 0.05) is 5.69 Å². The largest absolute Gasteiger partial charge is 0.348 e. The van der Waals surface area contributed by atoms with Crippen LogP contribution in [0.15, 0.2) is 65.7 Å². The molecule has 1 heterocycles. The number of carbonyl (C=O) groups is 2. The first kappa shape index (κ1) is 27.5. The zero-order chi connectivity index (χ0) is 26.0. The zero-order valence-corrected chi connectivity index (χ0v) is 21.7. The molecule has 36 heavy (non-hydrogen) atoms. The van der Waals surface area contributed by atoms with Crippen molar-refractivity contribution in [3.63, 3.8) is 0 Å². The molecular weight excluding hydrogens is 483 g/mol. The van der Waals surface area contributed by atoms with E-state index in [-0.39, 0.29) is 38.2 Å². The van der Waals surface area contributed by atoms with Crippen molar-refractivity contribution in [2.45, 2.75) is 39.2 Å². The van der Waals surface area contributed by atoms with Gasteiger partial charge in [-0.1, -0.05) is 48.5 Å². The Morgan fingerprint density at radius 1 is 1.06 bits per heavy atom. The molecule has 2 aromatic rings. The number of hydrogen-bond donors (Lipinski definition) is 2. The molecule has 0 saturated carbocycles. The van der Waals surface area contributed by atoms with Crippen molar-refractivity contribution in [1.29, 1.82) is 0 Å². The molecule has 0 aromatic heterocycles. The van der Waals surface area contributed by atoms with Crippen LogP contribution in [0.5, 0.6) is 0 Å². The van der Waals surface area contributed by atoms with E-state index in [1.165, 1.54) is 0 Å². The van der Waals surface area contributed by atoms with E-state index in [9.17, 15) is 14.2 Å². The summed E-state index contributed by atoms with van der Waals surface area (Å²) < 4.78 is 23.8. The van der Waals surface area contributed by atoms with Gasteiger partial charge in [-0.05, 0) is 51.3 Å². The summed E-state index contributed by atoms with van der Waals surface area (Å²) in [4.78, 5) is 35.7. The molecule has 4 amide bonds. The van der Waals surface area contributed by atoms with Crippen LogP contribution >= 0.6 is 7.60 Å². The summed E-state index contributed by atoms with van der Waals surface area (Å²) >= 11 is 0. The van der Waals surface area contributed by atoms with Crippen LogP contribution in [0.3, 0.4) is 0 Å². The lowest BCUT2D eigenvalue weighted by molar-refractivity contribution is -0.0547. The number of amides is 4. The summed E-state index contributed by atoms with van der Waals surface area (Å²) in [5, 5.41) is 6.51. The van der Waals surface area contributed by atoms with Gasteiger partial charge in [0.2, 0.25) is 0 Å². The Hall–Kier alpha value is -3.04. The Balaban J connectivity index is 1.81. The average Bonchev–Trinajstić information content (AvgIpc) is 3.09. The van der Waals surface area contributed by atoms with Gasteiger partial charge in [0.05, 0.1) is 26.0 Å². The number of hydrogen-bond acceptors (Lipinski definition) is 6. The molecule has 0 aliphatic carbocycles. The number of aliphatic imine (C=N–C) groups is 1. The molecule has 2 aromatic carbocycles. The molecule has 1 unspecified atom stereocenters. The highest BCUT2D eigenvalue weighted by Crippen LogP contribution is 2.49. The standard InChI is InChI=1S/C25H33N4O6P/c1-4-34-36(32,35-5-2)19-17-25(3)22(27-23(30)26-21-14-10-7-11-15-21)29(24(31)28-25)33-18-16-20-12-8-6-9-13-20/h6-15H,4-5,16-19H2,1-3H3,(H,26,30)(H,28,31)/b27-22+. The van der Waals surface area contributed by atoms with Crippen LogP contribution in [0.4, 0.5) is 15.3 Å². The van der Waals surface area contributed by atoms with E-state index in [2.05, 4.69) is 15.6 Å². The lowest BCUT2D eigenvalue weighted by atomic mass is 9.99. The highest BCUT2D eigenvalue weighted by atomic mass is 31.2. The average molecular weight is 517 g/mol. The molecule has 1 aliphatic rings. The summed E-state index contributed by atoms with van der Waals surface area (Å²) in [5.74, 6) is 0.0635. The third kappa shape index (κ3) is 7.48. The van der Waals surface area contributed by atoms with Gasteiger partial charge in [0.15, 0.2) is 5.84 Å².